The van der Waals surface area contributed by atoms with Gasteiger partial charge in [0.15, 0.2) is 0 Å². The molecule has 0 aliphatic carbocycles. The minimum atomic E-state index is -3.59. The van der Waals surface area contributed by atoms with Gasteiger partial charge in [0.1, 0.15) is 0 Å². The quantitative estimate of drug-likeness (QED) is 0.619. The Hall–Kier alpha value is -1.52. The predicted octanol–water partition coefficient (Wildman–Crippen LogP) is 0.298. The van der Waals surface area contributed by atoms with Gasteiger partial charge >= 0.3 is 0 Å². The Morgan fingerprint density at radius 2 is 1.57 bits per heavy atom. The van der Waals surface area contributed by atoms with Crippen LogP contribution in [0.3, 0.4) is 0 Å². The lowest BCUT2D eigenvalue weighted by Crippen LogP contribution is -2.47. The Bertz CT molecular complexity index is 829. The average Bonchev–Trinajstić information content (AvgIpc) is 2.73. The van der Waals surface area contributed by atoms with E-state index in [1.54, 1.807) is 12.1 Å². The predicted molar refractivity (Wildman–Crippen MR) is 118 cm³/mol. The number of aryl methyl sites for hydroxylation is 1. The van der Waals surface area contributed by atoms with E-state index < -0.39 is 10.0 Å². The highest BCUT2D eigenvalue weighted by Gasteiger charge is 2.28. The van der Waals surface area contributed by atoms with Crippen molar-refractivity contribution in [3.05, 3.63) is 29.3 Å². The van der Waals surface area contributed by atoms with Crippen molar-refractivity contribution < 1.29 is 13.2 Å². The zero-order chi connectivity index (χ0) is 21.7. The van der Waals surface area contributed by atoms with E-state index in [1.807, 2.05) is 14.0 Å². The number of likely N-dealkylation sites (N-methyl/N-ethyl adjacent to an activating group) is 2. The molecule has 0 spiro atoms. The summed E-state index contributed by atoms with van der Waals surface area (Å²) in [4.78, 5) is 19.8. The van der Waals surface area contributed by atoms with Gasteiger partial charge in [0.2, 0.25) is 10.0 Å². The monoisotopic (exact) mass is 437 g/mol. The maximum atomic E-state index is 13.0. The highest BCUT2D eigenvalue weighted by molar-refractivity contribution is 7.89. The molecule has 2 aliphatic rings. The van der Waals surface area contributed by atoms with Crippen LogP contribution in [-0.2, 0) is 10.0 Å². The van der Waals surface area contributed by atoms with Crippen LogP contribution in [0.5, 0.6) is 0 Å². The summed E-state index contributed by atoms with van der Waals surface area (Å²) in [6, 6.07) is 4.86. The summed E-state index contributed by atoms with van der Waals surface area (Å²) in [5, 5.41) is 2.96. The smallest absolute Gasteiger partial charge is 0.251 e. The molecule has 0 unspecified atom stereocenters. The lowest BCUT2D eigenvalue weighted by molar-refractivity contribution is 0.0948. The van der Waals surface area contributed by atoms with Crippen molar-refractivity contribution in [2.75, 3.05) is 79.5 Å². The molecule has 2 saturated heterocycles. The summed E-state index contributed by atoms with van der Waals surface area (Å²) in [5.41, 5.74) is 1.22. The molecule has 0 atom stereocenters. The summed E-state index contributed by atoms with van der Waals surface area (Å²) >= 11 is 0. The SMILES string of the molecule is Cc1ccc(S(=O)(=O)N2CCN(C)CC2)cc1C(=O)NCCCN1CCN(C)CC1. The van der Waals surface area contributed by atoms with Crippen LogP contribution < -0.4 is 5.32 Å². The molecular weight excluding hydrogens is 402 g/mol. The van der Waals surface area contributed by atoms with Gasteiger partial charge in [0, 0.05) is 64.5 Å². The van der Waals surface area contributed by atoms with Crippen LogP contribution in [0.25, 0.3) is 0 Å². The van der Waals surface area contributed by atoms with Crippen molar-refractivity contribution >= 4 is 15.9 Å². The van der Waals surface area contributed by atoms with E-state index in [2.05, 4.69) is 27.1 Å². The van der Waals surface area contributed by atoms with Crippen LogP contribution in [0.4, 0.5) is 0 Å². The molecule has 3 rings (SSSR count). The van der Waals surface area contributed by atoms with Crippen LogP contribution in [0, 0.1) is 6.92 Å². The van der Waals surface area contributed by atoms with E-state index in [0.29, 0.717) is 38.3 Å². The average molecular weight is 438 g/mol. The molecule has 0 bridgehead atoms. The third-order valence-corrected chi connectivity index (χ3v) is 7.98. The second-order valence-electron chi connectivity index (χ2n) is 8.44. The Morgan fingerprint density at radius 1 is 0.967 bits per heavy atom. The van der Waals surface area contributed by atoms with Crippen molar-refractivity contribution in [3.63, 3.8) is 0 Å². The van der Waals surface area contributed by atoms with E-state index >= 15 is 0 Å². The van der Waals surface area contributed by atoms with Gasteiger partial charge < -0.3 is 20.0 Å². The summed E-state index contributed by atoms with van der Waals surface area (Å²) in [6.07, 6.45) is 0.883. The minimum Gasteiger partial charge on any atom is -0.352 e. The van der Waals surface area contributed by atoms with E-state index in [0.717, 1.165) is 44.7 Å². The topological polar surface area (TPSA) is 76.2 Å². The zero-order valence-electron chi connectivity index (χ0n) is 18.4. The first-order chi connectivity index (χ1) is 14.3. The van der Waals surface area contributed by atoms with E-state index in [4.69, 9.17) is 0 Å². The molecule has 8 nitrogen and oxygen atoms in total. The first-order valence-electron chi connectivity index (χ1n) is 10.8. The number of nitrogens with zero attached hydrogens (tertiary/aromatic N) is 4. The largest absolute Gasteiger partial charge is 0.352 e. The van der Waals surface area contributed by atoms with Crippen LogP contribution in [-0.4, -0.2) is 113 Å². The van der Waals surface area contributed by atoms with Gasteiger partial charge in [-0.3, -0.25) is 4.79 Å². The summed E-state index contributed by atoms with van der Waals surface area (Å²) in [6.45, 7) is 10.1. The second-order valence-corrected chi connectivity index (χ2v) is 10.4. The Kier molecular flexibility index (Phi) is 7.86. The number of nitrogens with one attached hydrogen (secondary N) is 1. The molecule has 2 heterocycles. The lowest BCUT2D eigenvalue weighted by atomic mass is 10.1. The normalized spacial score (nSPS) is 20.4. The summed E-state index contributed by atoms with van der Waals surface area (Å²) in [5.74, 6) is -0.207. The van der Waals surface area contributed by atoms with Crippen LogP contribution in [0.1, 0.15) is 22.3 Å². The van der Waals surface area contributed by atoms with Gasteiger partial charge in [-0.15, -0.1) is 0 Å². The molecule has 2 aliphatic heterocycles. The number of carbonyl (C=O) groups excluding carboxylic acids is 1. The molecule has 0 saturated carbocycles. The maximum Gasteiger partial charge on any atom is 0.251 e. The fraction of sp³-hybridized carbons (Fsp3) is 0.667. The molecule has 30 heavy (non-hydrogen) atoms. The van der Waals surface area contributed by atoms with Crippen molar-refractivity contribution in [1.82, 2.24) is 24.3 Å². The number of carbonyl (C=O) groups is 1. The van der Waals surface area contributed by atoms with E-state index in [1.165, 1.54) is 10.4 Å². The van der Waals surface area contributed by atoms with Crippen molar-refractivity contribution in [3.8, 4) is 0 Å². The van der Waals surface area contributed by atoms with Crippen LogP contribution in [0.2, 0.25) is 0 Å². The molecule has 2 fully saturated rings. The number of sulfonamides is 1. The number of rotatable bonds is 7. The Morgan fingerprint density at radius 3 is 2.20 bits per heavy atom. The van der Waals surface area contributed by atoms with Gasteiger partial charge in [-0.25, -0.2) is 8.42 Å². The van der Waals surface area contributed by atoms with Crippen molar-refractivity contribution in [2.45, 2.75) is 18.2 Å². The highest BCUT2D eigenvalue weighted by Crippen LogP contribution is 2.21. The summed E-state index contributed by atoms with van der Waals surface area (Å²) in [7, 11) is 0.539. The first kappa shape index (κ1) is 23.1. The third kappa shape index (κ3) is 5.79. The molecule has 1 N–H and O–H groups in total. The molecule has 0 aromatic heterocycles. The first-order valence-corrected chi connectivity index (χ1v) is 12.2. The Balaban J connectivity index is 1.57. The molecule has 0 radical (unpaired) electrons. The minimum absolute atomic E-state index is 0.195. The highest BCUT2D eigenvalue weighted by atomic mass is 32.2. The van der Waals surface area contributed by atoms with Gasteiger partial charge in [-0.05, 0) is 51.7 Å². The fourth-order valence-corrected chi connectivity index (χ4v) is 5.30. The number of hydrogen-bond donors (Lipinski definition) is 1. The number of hydrogen-bond acceptors (Lipinski definition) is 6. The number of amides is 1. The molecular formula is C21H35N5O3S. The zero-order valence-corrected chi connectivity index (χ0v) is 19.2. The lowest BCUT2D eigenvalue weighted by Gasteiger charge is -2.32. The number of benzene rings is 1. The second kappa shape index (κ2) is 10.2. The third-order valence-electron chi connectivity index (χ3n) is 6.09. The fourth-order valence-electron chi connectivity index (χ4n) is 3.86. The van der Waals surface area contributed by atoms with Gasteiger partial charge in [-0.2, -0.15) is 4.31 Å². The van der Waals surface area contributed by atoms with Crippen molar-refractivity contribution in [1.29, 1.82) is 0 Å². The summed E-state index contributed by atoms with van der Waals surface area (Å²) < 4.78 is 27.5. The Labute approximate surface area is 180 Å². The number of piperazine rings is 2. The molecule has 1 aromatic carbocycles. The van der Waals surface area contributed by atoms with Crippen molar-refractivity contribution in [2.24, 2.45) is 0 Å². The maximum absolute atomic E-state index is 13.0. The van der Waals surface area contributed by atoms with Gasteiger partial charge in [0.05, 0.1) is 4.90 Å². The van der Waals surface area contributed by atoms with E-state index in [9.17, 15) is 13.2 Å². The van der Waals surface area contributed by atoms with Crippen LogP contribution in [0.15, 0.2) is 23.1 Å². The van der Waals surface area contributed by atoms with Gasteiger partial charge in [-0.1, -0.05) is 6.07 Å². The molecule has 9 heteroatoms. The van der Waals surface area contributed by atoms with Crippen LogP contribution >= 0.6 is 0 Å². The molecule has 1 aromatic rings. The molecule has 1 amide bonds. The molecule has 168 valence electrons. The standard InChI is InChI=1S/C21H35N5O3S/c1-18-5-6-19(30(28,29)26-15-11-24(3)12-16-26)17-20(18)21(27)22-7-4-8-25-13-9-23(2)10-14-25/h5-6,17H,4,7-16H2,1-3H3,(H,22,27). The van der Waals surface area contributed by atoms with Gasteiger partial charge in [0.25, 0.3) is 5.91 Å². The van der Waals surface area contributed by atoms with E-state index in [-0.39, 0.29) is 10.8 Å².